The number of rotatable bonds is 3. The second kappa shape index (κ2) is 4.49. The van der Waals surface area contributed by atoms with Gasteiger partial charge in [-0.1, -0.05) is 0 Å². The smallest absolute Gasteiger partial charge is 0.332 e. The number of hydrogen-bond donors (Lipinski definition) is 1. The summed E-state index contributed by atoms with van der Waals surface area (Å²) in [5, 5.41) is 8.81. The van der Waals surface area contributed by atoms with Crippen molar-refractivity contribution < 1.29 is 14.6 Å². The lowest BCUT2D eigenvalue weighted by molar-refractivity contribution is -0.149. The van der Waals surface area contributed by atoms with Crippen LogP contribution in [0.25, 0.3) is 0 Å². The normalized spacial score (nSPS) is 37.3. The van der Waals surface area contributed by atoms with Crippen LogP contribution in [0.5, 0.6) is 0 Å². The highest BCUT2D eigenvalue weighted by atomic mass is 16.5. The topological polar surface area (TPSA) is 49.8 Å². The Morgan fingerprint density at radius 2 is 2.27 bits per heavy atom. The van der Waals surface area contributed by atoms with Crippen molar-refractivity contribution in [2.45, 2.75) is 50.9 Å². The van der Waals surface area contributed by atoms with Crippen LogP contribution in [-0.2, 0) is 9.53 Å². The van der Waals surface area contributed by atoms with E-state index in [4.69, 9.17) is 9.84 Å². The van der Waals surface area contributed by atoms with Gasteiger partial charge in [0.05, 0.1) is 6.10 Å². The summed E-state index contributed by atoms with van der Waals surface area (Å²) >= 11 is 0. The van der Waals surface area contributed by atoms with Gasteiger partial charge in [0.15, 0.2) is 6.10 Å². The first-order chi connectivity index (χ1) is 7.16. The molecule has 15 heavy (non-hydrogen) atoms. The van der Waals surface area contributed by atoms with E-state index in [0.29, 0.717) is 12.5 Å². The van der Waals surface area contributed by atoms with Crippen molar-refractivity contribution in [3.8, 4) is 0 Å². The molecule has 0 aromatic rings. The maximum atomic E-state index is 10.7. The Morgan fingerprint density at radius 1 is 1.47 bits per heavy atom. The zero-order valence-corrected chi connectivity index (χ0v) is 9.19. The monoisotopic (exact) mass is 213 g/mol. The number of carboxylic acid groups (broad SMARTS) is 1. The minimum absolute atomic E-state index is 0.131. The average molecular weight is 213 g/mol. The summed E-state index contributed by atoms with van der Waals surface area (Å²) in [6.45, 7) is 4.28. The zero-order valence-electron chi connectivity index (χ0n) is 9.19. The molecule has 3 atom stereocenters. The maximum Gasteiger partial charge on any atom is 0.332 e. The molecule has 2 fully saturated rings. The molecule has 4 nitrogen and oxygen atoms in total. The molecule has 0 bridgehead atoms. The Balaban J connectivity index is 1.79. The van der Waals surface area contributed by atoms with Crippen LogP contribution in [0, 0.1) is 0 Å². The van der Waals surface area contributed by atoms with Crippen molar-refractivity contribution in [2.24, 2.45) is 0 Å². The van der Waals surface area contributed by atoms with Gasteiger partial charge in [-0.15, -0.1) is 0 Å². The fourth-order valence-electron chi connectivity index (χ4n) is 2.55. The van der Waals surface area contributed by atoms with Gasteiger partial charge in [-0.25, -0.2) is 4.79 Å². The van der Waals surface area contributed by atoms with Crippen molar-refractivity contribution in [3.05, 3.63) is 0 Å². The average Bonchev–Trinajstić information content (AvgIpc) is 2.77. The molecular weight excluding hydrogens is 194 g/mol. The summed E-state index contributed by atoms with van der Waals surface area (Å²) in [6, 6.07) is 0.637. The molecule has 0 spiro atoms. The first-order valence-corrected chi connectivity index (χ1v) is 5.79. The third kappa shape index (κ3) is 2.49. The number of ether oxygens (including phenoxy) is 1. The Bertz CT molecular complexity index is 244. The molecule has 2 rings (SSSR count). The molecule has 2 aliphatic heterocycles. The third-order valence-corrected chi connectivity index (χ3v) is 3.51. The molecule has 0 saturated carbocycles. The fourth-order valence-corrected chi connectivity index (χ4v) is 2.55. The van der Waals surface area contributed by atoms with Crippen molar-refractivity contribution in [1.82, 2.24) is 4.90 Å². The second-order valence-electron chi connectivity index (χ2n) is 4.65. The molecular formula is C11H19NO3. The summed E-state index contributed by atoms with van der Waals surface area (Å²) < 4.78 is 5.49. The highest BCUT2D eigenvalue weighted by Gasteiger charge is 2.33. The largest absolute Gasteiger partial charge is 0.479 e. The minimum Gasteiger partial charge on any atom is -0.479 e. The summed E-state index contributed by atoms with van der Waals surface area (Å²) in [5.74, 6) is -0.813. The number of carboxylic acids is 1. The van der Waals surface area contributed by atoms with Gasteiger partial charge in [0.25, 0.3) is 0 Å². The van der Waals surface area contributed by atoms with E-state index in [1.54, 1.807) is 0 Å². The number of nitrogens with zero attached hydrogens (tertiary/aromatic N) is 1. The molecule has 4 heteroatoms. The predicted octanol–water partition coefficient (Wildman–Crippen LogP) is 1.10. The van der Waals surface area contributed by atoms with E-state index in [-0.39, 0.29) is 6.10 Å². The lowest BCUT2D eigenvalue weighted by Gasteiger charge is -2.24. The van der Waals surface area contributed by atoms with Gasteiger partial charge < -0.3 is 9.84 Å². The van der Waals surface area contributed by atoms with Crippen LogP contribution in [0.15, 0.2) is 0 Å². The number of aliphatic carboxylic acids is 1. The summed E-state index contributed by atoms with van der Waals surface area (Å²) in [6.07, 6.45) is 3.65. The van der Waals surface area contributed by atoms with Crippen molar-refractivity contribution >= 4 is 5.97 Å². The molecule has 2 aliphatic rings. The van der Waals surface area contributed by atoms with Crippen LogP contribution >= 0.6 is 0 Å². The predicted molar refractivity (Wildman–Crippen MR) is 55.8 cm³/mol. The Morgan fingerprint density at radius 3 is 2.80 bits per heavy atom. The highest BCUT2D eigenvalue weighted by Crippen LogP contribution is 2.24. The molecule has 3 unspecified atom stereocenters. The first-order valence-electron chi connectivity index (χ1n) is 5.79. The van der Waals surface area contributed by atoms with Gasteiger partial charge in [-0.2, -0.15) is 0 Å². The summed E-state index contributed by atoms with van der Waals surface area (Å²) in [7, 11) is 0. The van der Waals surface area contributed by atoms with Crippen LogP contribution in [-0.4, -0.2) is 47.3 Å². The Hall–Kier alpha value is -0.610. The van der Waals surface area contributed by atoms with E-state index in [2.05, 4.69) is 11.8 Å². The zero-order chi connectivity index (χ0) is 10.8. The van der Waals surface area contributed by atoms with E-state index >= 15 is 0 Å². The van der Waals surface area contributed by atoms with Gasteiger partial charge in [-0.05, 0) is 39.2 Å². The summed E-state index contributed by atoms with van der Waals surface area (Å²) in [4.78, 5) is 13.1. The van der Waals surface area contributed by atoms with E-state index in [1.807, 2.05) is 0 Å². The van der Waals surface area contributed by atoms with E-state index < -0.39 is 12.1 Å². The molecule has 0 aromatic heterocycles. The minimum atomic E-state index is -0.813. The number of carbonyl (C=O) groups is 1. The Labute approximate surface area is 90.2 Å². The fraction of sp³-hybridized carbons (Fsp3) is 0.909. The Kier molecular flexibility index (Phi) is 3.26. The van der Waals surface area contributed by atoms with Gasteiger partial charge in [0, 0.05) is 12.6 Å². The maximum absolute atomic E-state index is 10.7. The standard InChI is InChI=1S/C11H19NO3/c1-8-3-2-6-12(8)7-9-4-5-10(15-9)11(13)14/h8-10H,2-7H2,1H3,(H,13,14). The van der Waals surface area contributed by atoms with Crippen molar-refractivity contribution in [3.63, 3.8) is 0 Å². The SMILES string of the molecule is CC1CCCN1CC1CCC(C(=O)O)O1. The van der Waals surface area contributed by atoms with Gasteiger partial charge in [0.1, 0.15) is 0 Å². The lowest BCUT2D eigenvalue weighted by Crippen LogP contribution is -2.35. The number of hydrogen-bond acceptors (Lipinski definition) is 3. The van der Waals surface area contributed by atoms with Crippen LogP contribution in [0.2, 0.25) is 0 Å². The van der Waals surface area contributed by atoms with Gasteiger partial charge in [0.2, 0.25) is 0 Å². The van der Waals surface area contributed by atoms with Crippen LogP contribution in [0.4, 0.5) is 0 Å². The molecule has 2 saturated heterocycles. The van der Waals surface area contributed by atoms with E-state index in [9.17, 15) is 4.79 Å². The second-order valence-corrected chi connectivity index (χ2v) is 4.65. The van der Waals surface area contributed by atoms with E-state index in [0.717, 1.165) is 19.5 Å². The van der Waals surface area contributed by atoms with Crippen LogP contribution in [0.3, 0.4) is 0 Å². The van der Waals surface area contributed by atoms with Crippen molar-refractivity contribution in [1.29, 1.82) is 0 Å². The lowest BCUT2D eigenvalue weighted by atomic mass is 10.2. The van der Waals surface area contributed by atoms with Crippen molar-refractivity contribution in [2.75, 3.05) is 13.1 Å². The molecule has 0 amide bonds. The molecule has 2 heterocycles. The van der Waals surface area contributed by atoms with Gasteiger partial charge in [-0.3, -0.25) is 4.90 Å². The highest BCUT2D eigenvalue weighted by molar-refractivity contribution is 5.72. The summed E-state index contributed by atoms with van der Waals surface area (Å²) in [5.41, 5.74) is 0. The molecule has 86 valence electrons. The molecule has 0 aliphatic carbocycles. The van der Waals surface area contributed by atoms with E-state index in [1.165, 1.54) is 12.8 Å². The third-order valence-electron chi connectivity index (χ3n) is 3.51. The number of likely N-dealkylation sites (tertiary alicyclic amines) is 1. The first kappa shape index (κ1) is 10.9. The molecule has 0 aromatic carbocycles. The molecule has 0 radical (unpaired) electrons. The van der Waals surface area contributed by atoms with Crippen LogP contribution in [0.1, 0.15) is 32.6 Å². The molecule has 1 N–H and O–H groups in total. The quantitative estimate of drug-likeness (QED) is 0.762. The van der Waals surface area contributed by atoms with Crippen LogP contribution < -0.4 is 0 Å². The van der Waals surface area contributed by atoms with Gasteiger partial charge >= 0.3 is 5.97 Å².